The Hall–Kier alpha value is -1.92. The second-order valence-electron chi connectivity index (χ2n) is 6.02. The molecule has 0 aliphatic rings. The average Bonchev–Trinajstić information content (AvgIpc) is 2.88. The first-order valence-corrected chi connectivity index (χ1v) is 10.0. The lowest BCUT2D eigenvalue weighted by Crippen LogP contribution is -2.16. The van der Waals surface area contributed by atoms with E-state index in [1.165, 1.54) is 17.4 Å². The van der Waals surface area contributed by atoms with Gasteiger partial charge < -0.3 is 10.1 Å². The maximum absolute atomic E-state index is 12.5. The largest absolute Gasteiger partial charge is 0.459 e. The van der Waals surface area contributed by atoms with Crippen LogP contribution in [0.5, 0.6) is 0 Å². The topological polar surface area (TPSA) is 55.4 Å². The van der Waals surface area contributed by atoms with Crippen molar-refractivity contribution in [2.24, 2.45) is 0 Å². The summed E-state index contributed by atoms with van der Waals surface area (Å²) in [5.74, 6) is -0.677. The Balaban J connectivity index is 2.21. The number of esters is 1. The number of benzene rings is 1. The Morgan fingerprint density at radius 3 is 2.50 bits per heavy atom. The maximum Gasteiger partial charge on any atom is 0.341 e. The predicted molar refractivity (Wildman–Crippen MR) is 111 cm³/mol. The van der Waals surface area contributed by atoms with Crippen LogP contribution < -0.4 is 5.32 Å². The van der Waals surface area contributed by atoms with E-state index in [1.807, 2.05) is 52.0 Å². The van der Waals surface area contributed by atoms with E-state index in [4.69, 9.17) is 4.74 Å². The molecule has 4 nitrogen and oxygen atoms in total. The summed E-state index contributed by atoms with van der Waals surface area (Å²) in [5, 5.41) is 3.36. The smallest absolute Gasteiger partial charge is 0.341 e. The van der Waals surface area contributed by atoms with Crippen LogP contribution in [0.3, 0.4) is 0 Å². The van der Waals surface area contributed by atoms with Crippen LogP contribution in [0.2, 0.25) is 0 Å². The monoisotopic (exact) mass is 435 g/mol. The first-order chi connectivity index (χ1) is 12.3. The van der Waals surface area contributed by atoms with Gasteiger partial charge in [0, 0.05) is 15.4 Å². The van der Waals surface area contributed by atoms with E-state index in [9.17, 15) is 9.59 Å². The third-order valence-electron chi connectivity index (χ3n) is 3.64. The zero-order chi connectivity index (χ0) is 19.3. The number of rotatable bonds is 6. The van der Waals surface area contributed by atoms with Crippen molar-refractivity contribution in [3.8, 4) is 0 Å². The maximum atomic E-state index is 12.5. The Labute approximate surface area is 166 Å². The van der Waals surface area contributed by atoms with Gasteiger partial charge in [-0.3, -0.25) is 4.79 Å². The molecule has 138 valence electrons. The zero-order valence-electron chi connectivity index (χ0n) is 15.3. The number of nitrogens with one attached hydrogen (secondary N) is 1. The van der Waals surface area contributed by atoms with E-state index in [0.29, 0.717) is 17.0 Å². The van der Waals surface area contributed by atoms with Gasteiger partial charge in [-0.2, -0.15) is 0 Å². The molecule has 1 amide bonds. The number of aryl methyl sites for hydroxylation is 1. The number of amides is 1. The molecule has 0 aliphatic heterocycles. The third kappa shape index (κ3) is 5.29. The van der Waals surface area contributed by atoms with Crippen LogP contribution in [-0.2, 0) is 16.0 Å². The number of anilines is 1. The van der Waals surface area contributed by atoms with E-state index in [1.54, 1.807) is 6.08 Å². The van der Waals surface area contributed by atoms with E-state index >= 15 is 0 Å². The van der Waals surface area contributed by atoms with Gasteiger partial charge in [0.05, 0.1) is 11.7 Å². The Morgan fingerprint density at radius 1 is 1.27 bits per heavy atom. The number of halogens is 1. The molecule has 0 unspecified atom stereocenters. The van der Waals surface area contributed by atoms with E-state index < -0.39 is 5.97 Å². The SMILES string of the molecule is CCc1c(C)sc(NC(=O)/C=C\c2ccc(Br)cc2)c1C(=O)OC(C)C. The molecule has 0 radical (unpaired) electrons. The Morgan fingerprint density at radius 2 is 1.92 bits per heavy atom. The fraction of sp³-hybridized carbons (Fsp3) is 0.300. The van der Waals surface area contributed by atoms with Crippen molar-refractivity contribution < 1.29 is 14.3 Å². The van der Waals surface area contributed by atoms with E-state index in [-0.39, 0.29) is 12.0 Å². The Bertz CT molecular complexity index is 822. The molecular formula is C20H22BrNO3S. The number of hydrogen-bond donors (Lipinski definition) is 1. The van der Waals surface area contributed by atoms with Crippen molar-refractivity contribution in [1.29, 1.82) is 0 Å². The van der Waals surface area contributed by atoms with Crippen molar-refractivity contribution in [3.05, 3.63) is 56.4 Å². The van der Waals surface area contributed by atoms with Crippen molar-refractivity contribution in [3.63, 3.8) is 0 Å². The summed E-state index contributed by atoms with van der Waals surface area (Å²) < 4.78 is 6.33. The van der Waals surface area contributed by atoms with Crippen molar-refractivity contribution in [2.75, 3.05) is 5.32 Å². The lowest BCUT2D eigenvalue weighted by molar-refractivity contribution is -0.111. The summed E-state index contributed by atoms with van der Waals surface area (Å²) in [5.41, 5.74) is 2.31. The fourth-order valence-corrected chi connectivity index (χ4v) is 3.88. The van der Waals surface area contributed by atoms with Gasteiger partial charge in [0.1, 0.15) is 5.00 Å². The van der Waals surface area contributed by atoms with Crippen LogP contribution in [0.1, 0.15) is 47.1 Å². The van der Waals surface area contributed by atoms with Crippen molar-refractivity contribution in [2.45, 2.75) is 40.2 Å². The summed E-state index contributed by atoms with van der Waals surface area (Å²) >= 11 is 4.78. The molecule has 0 saturated carbocycles. The molecule has 0 fully saturated rings. The van der Waals surface area contributed by atoms with Crippen LogP contribution in [-0.4, -0.2) is 18.0 Å². The molecule has 6 heteroatoms. The predicted octanol–water partition coefficient (Wildman–Crippen LogP) is 5.60. The highest BCUT2D eigenvalue weighted by Gasteiger charge is 2.23. The van der Waals surface area contributed by atoms with Crippen molar-refractivity contribution >= 4 is 50.2 Å². The molecule has 1 heterocycles. The summed E-state index contributed by atoms with van der Waals surface area (Å²) in [6.07, 6.45) is 3.68. The molecule has 1 aromatic heterocycles. The minimum Gasteiger partial charge on any atom is -0.459 e. The van der Waals surface area contributed by atoms with Crippen LogP contribution in [0.4, 0.5) is 5.00 Å². The quantitative estimate of drug-likeness (QED) is 0.474. The van der Waals surface area contributed by atoms with Crippen LogP contribution in [0, 0.1) is 6.92 Å². The van der Waals surface area contributed by atoms with Gasteiger partial charge >= 0.3 is 5.97 Å². The lowest BCUT2D eigenvalue weighted by atomic mass is 10.1. The molecule has 0 saturated heterocycles. The van der Waals surface area contributed by atoms with Gasteiger partial charge in [0.2, 0.25) is 5.91 Å². The molecule has 0 aliphatic carbocycles. The molecule has 0 bridgehead atoms. The molecule has 26 heavy (non-hydrogen) atoms. The van der Waals surface area contributed by atoms with Crippen LogP contribution in [0.25, 0.3) is 6.08 Å². The lowest BCUT2D eigenvalue weighted by Gasteiger charge is -2.10. The standard InChI is InChI=1S/C20H22BrNO3S/c1-5-16-13(4)26-19(18(16)20(24)25-12(2)3)22-17(23)11-8-14-6-9-15(21)10-7-14/h6-12H,5H2,1-4H3,(H,22,23)/b11-8-. The molecule has 2 rings (SSSR count). The van der Waals surface area contributed by atoms with Crippen LogP contribution >= 0.6 is 27.3 Å². The average molecular weight is 436 g/mol. The summed E-state index contributed by atoms with van der Waals surface area (Å²) in [6.45, 7) is 7.55. The van der Waals surface area contributed by atoms with Gasteiger partial charge in [-0.05, 0) is 56.5 Å². The summed E-state index contributed by atoms with van der Waals surface area (Å²) in [7, 11) is 0. The third-order valence-corrected chi connectivity index (χ3v) is 5.23. The van der Waals surface area contributed by atoms with Gasteiger partial charge in [-0.15, -0.1) is 11.3 Å². The molecule has 1 aromatic carbocycles. The number of carbonyl (C=O) groups is 2. The number of thiophene rings is 1. The molecule has 0 spiro atoms. The molecule has 2 aromatic rings. The summed E-state index contributed by atoms with van der Waals surface area (Å²) in [4.78, 5) is 25.8. The van der Waals surface area contributed by atoms with Crippen LogP contribution in [0.15, 0.2) is 34.8 Å². The van der Waals surface area contributed by atoms with Gasteiger partial charge in [0.15, 0.2) is 0 Å². The highest BCUT2D eigenvalue weighted by Crippen LogP contribution is 2.34. The highest BCUT2D eigenvalue weighted by atomic mass is 79.9. The molecular weight excluding hydrogens is 414 g/mol. The molecule has 1 N–H and O–H groups in total. The first kappa shape index (κ1) is 20.4. The minimum atomic E-state index is -0.395. The second kappa shape index (κ2) is 9.14. The van der Waals surface area contributed by atoms with Gasteiger partial charge in [-0.1, -0.05) is 35.0 Å². The second-order valence-corrected chi connectivity index (χ2v) is 8.16. The van der Waals surface area contributed by atoms with Gasteiger partial charge in [-0.25, -0.2) is 4.79 Å². The summed E-state index contributed by atoms with van der Waals surface area (Å²) in [6, 6.07) is 7.63. The van der Waals surface area contributed by atoms with E-state index in [2.05, 4.69) is 21.2 Å². The number of ether oxygens (including phenoxy) is 1. The minimum absolute atomic E-state index is 0.215. The number of hydrogen-bond acceptors (Lipinski definition) is 4. The normalized spacial score (nSPS) is 11.2. The van der Waals surface area contributed by atoms with Crippen molar-refractivity contribution in [1.82, 2.24) is 0 Å². The highest BCUT2D eigenvalue weighted by molar-refractivity contribution is 9.10. The number of carbonyl (C=O) groups excluding carboxylic acids is 2. The van der Waals surface area contributed by atoms with Gasteiger partial charge in [0.25, 0.3) is 0 Å². The Kier molecular flexibility index (Phi) is 7.17. The fourth-order valence-electron chi connectivity index (χ4n) is 2.48. The first-order valence-electron chi connectivity index (χ1n) is 8.39. The zero-order valence-corrected chi connectivity index (χ0v) is 17.7. The van der Waals surface area contributed by atoms with E-state index in [0.717, 1.165) is 20.5 Å². The molecule has 0 atom stereocenters.